The number of hydrogen-bond acceptors (Lipinski definition) is 2. The smallest absolute Gasteiger partial charge is 0.244 e. The van der Waals surface area contributed by atoms with Gasteiger partial charge in [-0.3, -0.25) is 4.79 Å². The van der Waals surface area contributed by atoms with Crippen molar-refractivity contribution < 1.29 is 9.18 Å². The summed E-state index contributed by atoms with van der Waals surface area (Å²) in [6.07, 6.45) is 0.737. The van der Waals surface area contributed by atoms with Gasteiger partial charge in [0.1, 0.15) is 5.82 Å². The maximum atomic E-state index is 13.5. The molecule has 1 saturated heterocycles. The monoisotopic (exact) mass is 222 g/mol. The summed E-state index contributed by atoms with van der Waals surface area (Å²) in [6.45, 7) is 3.29. The van der Waals surface area contributed by atoms with E-state index in [1.807, 2.05) is 6.92 Å². The number of nitrogens with one attached hydrogen (secondary N) is 1. The second-order valence-electron chi connectivity index (χ2n) is 3.84. The highest BCUT2D eigenvalue weighted by molar-refractivity contribution is 5.99. The number of hydrogen-bond donors (Lipinski definition) is 1. The van der Waals surface area contributed by atoms with Gasteiger partial charge in [-0.15, -0.1) is 0 Å². The molecule has 1 heterocycles. The maximum absolute atomic E-state index is 13.5. The Hall–Kier alpha value is -1.42. The van der Waals surface area contributed by atoms with Gasteiger partial charge >= 0.3 is 0 Å². The molecule has 16 heavy (non-hydrogen) atoms. The third-order valence-corrected chi connectivity index (χ3v) is 2.80. The van der Waals surface area contributed by atoms with E-state index in [9.17, 15) is 9.18 Å². The van der Waals surface area contributed by atoms with E-state index in [1.54, 1.807) is 18.2 Å². The Balaban J connectivity index is 2.19. The molecule has 1 aliphatic heterocycles. The minimum Gasteiger partial charge on any atom is -0.308 e. The molecule has 0 aliphatic carbocycles. The van der Waals surface area contributed by atoms with Crippen molar-refractivity contribution in [1.29, 1.82) is 0 Å². The van der Waals surface area contributed by atoms with Gasteiger partial charge in [0.2, 0.25) is 5.91 Å². The van der Waals surface area contributed by atoms with Gasteiger partial charge in [-0.1, -0.05) is 19.1 Å². The van der Waals surface area contributed by atoms with Gasteiger partial charge < -0.3 is 10.2 Å². The molecule has 0 spiro atoms. The lowest BCUT2D eigenvalue weighted by Crippen LogP contribution is -2.38. The zero-order valence-corrected chi connectivity index (χ0v) is 9.24. The minimum absolute atomic E-state index is 0.0352. The molecular weight excluding hydrogens is 207 g/mol. The molecule has 2 rings (SSSR count). The van der Waals surface area contributed by atoms with Gasteiger partial charge in [-0.25, -0.2) is 4.39 Å². The van der Waals surface area contributed by atoms with Crippen LogP contribution in [-0.2, 0) is 4.79 Å². The van der Waals surface area contributed by atoms with E-state index in [1.165, 1.54) is 11.0 Å². The van der Waals surface area contributed by atoms with Crippen LogP contribution in [0.25, 0.3) is 0 Å². The van der Waals surface area contributed by atoms with E-state index in [0.29, 0.717) is 12.2 Å². The molecule has 1 amide bonds. The fourth-order valence-corrected chi connectivity index (χ4v) is 2.03. The normalized spacial score (nSPS) is 20.5. The van der Waals surface area contributed by atoms with E-state index in [4.69, 9.17) is 0 Å². The van der Waals surface area contributed by atoms with E-state index in [-0.39, 0.29) is 17.8 Å². The Morgan fingerprint density at radius 3 is 2.94 bits per heavy atom. The van der Waals surface area contributed by atoms with Crippen molar-refractivity contribution in [1.82, 2.24) is 5.32 Å². The Labute approximate surface area is 94.3 Å². The Morgan fingerprint density at radius 2 is 2.25 bits per heavy atom. The third kappa shape index (κ3) is 1.93. The number of halogens is 1. The second-order valence-corrected chi connectivity index (χ2v) is 3.84. The van der Waals surface area contributed by atoms with Crippen molar-refractivity contribution in [3.63, 3.8) is 0 Å². The molecule has 3 nitrogen and oxygen atoms in total. The third-order valence-electron chi connectivity index (χ3n) is 2.80. The average molecular weight is 222 g/mol. The molecule has 1 atom stereocenters. The Kier molecular flexibility index (Phi) is 3.19. The Bertz CT molecular complexity index is 394. The Morgan fingerprint density at radius 1 is 1.50 bits per heavy atom. The molecule has 1 unspecified atom stereocenters. The van der Waals surface area contributed by atoms with Gasteiger partial charge in [-0.2, -0.15) is 0 Å². The van der Waals surface area contributed by atoms with Crippen molar-refractivity contribution >= 4 is 11.6 Å². The van der Waals surface area contributed by atoms with Crippen LogP contribution < -0.4 is 10.2 Å². The lowest BCUT2D eigenvalue weighted by atomic mass is 10.2. The lowest BCUT2D eigenvalue weighted by Gasteiger charge is -2.17. The van der Waals surface area contributed by atoms with E-state index < -0.39 is 0 Å². The molecule has 1 fully saturated rings. The van der Waals surface area contributed by atoms with Crippen LogP contribution in [0, 0.1) is 5.82 Å². The van der Waals surface area contributed by atoms with Gasteiger partial charge in [0.15, 0.2) is 0 Å². The number of carbonyl (C=O) groups excluding carboxylic acids is 1. The van der Waals surface area contributed by atoms with E-state index >= 15 is 0 Å². The highest BCUT2D eigenvalue weighted by Gasteiger charge is 2.32. The highest BCUT2D eigenvalue weighted by atomic mass is 19.1. The molecule has 1 aliphatic rings. The summed E-state index contributed by atoms with van der Waals surface area (Å²) in [4.78, 5) is 13.5. The van der Waals surface area contributed by atoms with Crippen LogP contribution >= 0.6 is 0 Å². The standard InChI is InChI=1S/C12H15FN2O/c1-2-14-10-7-8-15(12(10)16)11-6-4-3-5-9(11)13/h3-6,10,14H,2,7-8H2,1H3. The summed E-state index contributed by atoms with van der Waals surface area (Å²) < 4.78 is 13.5. The summed E-state index contributed by atoms with van der Waals surface area (Å²) >= 11 is 0. The summed E-state index contributed by atoms with van der Waals surface area (Å²) in [6, 6.07) is 6.22. The number of anilines is 1. The van der Waals surface area contributed by atoms with Crippen molar-refractivity contribution in [3.05, 3.63) is 30.1 Å². The van der Waals surface area contributed by atoms with Crippen LogP contribution in [0.4, 0.5) is 10.1 Å². The van der Waals surface area contributed by atoms with Gasteiger partial charge in [0, 0.05) is 6.54 Å². The van der Waals surface area contributed by atoms with Crippen LogP contribution in [0.5, 0.6) is 0 Å². The first-order valence-corrected chi connectivity index (χ1v) is 5.53. The van der Waals surface area contributed by atoms with Gasteiger partial charge in [0.05, 0.1) is 11.7 Å². The molecule has 0 saturated carbocycles. The largest absolute Gasteiger partial charge is 0.308 e. The summed E-state index contributed by atoms with van der Waals surface area (Å²) in [5.74, 6) is -0.375. The van der Waals surface area contributed by atoms with Gasteiger partial charge in [0.25, 0.3) is 0 Å². The number of para-hydroxylation sites is 1. The molecule has 1 aromatic rings. The van der Waals surface area contributed by atoms with Crippen molar-refractivity contribution in [2.24, 2.45) is 0 Å². The zero-order valence-electron chi connectivity index (χ0n) is 9.24. The van der Waals surface area contributed by atoms with Crippen LogP contribution in [-0.4, -0.2) is 25.0 Å². The van der Waals surface area contributed by atoms with Crippen LogP contribution in [0.15, 0.2) is 24.3 Å². The first-order chi connectivity index (χ1) is 7.74. The number of rotatable bonds is 3. The minimum atomic E-state index is -0.340. The summed E-state index contributed by atoms with van der Waals surface area (Å²) in [7, 11) is 0. The molecule has 1 N–H and O–H groups in total. The van der Waals surface area contributed by atoms with E-state index in [2.05, 4.69) is 5.32 Å². The van der Waals surface area contributed by atoms with Crippen LogP contribution in [0.2, 0.25) is 0 Å². The number of amides is 1. The second kappa shape index (κ2) is 4.61. The van der Waals surface area contributed by atoms with Crippen molar-refractivity contribution in [3.8, 4) is 0 Å². The molecule has 0 radical (unpaired) electrons. The fourth-order valence-electron chi connectivity index (χ4n) is 2.03. The molecule has 0 aromatic heterocycles. The first-order valence-electron chi connectivity index (χ1n) is 5.53. The molecular formula is C12H15FN2O. The van der Waals surface area contributed by atoms with E-state index in [0.717, 1.165) is 13.0 Å². The zero-order chi connectivity index (χ0) is 11.5. The number of benzene rings is 1. The van der Waals surface area contributed by atoms with Gasteiger partial charge in [-0.05, 0) is 25.1 Å². The topological polar surface area (TPSA) is 32.3 Å². The molecule has 1 aromatic carbocycles. The predicted octanol–water partition coefficient (Wildman–Crippen LogP) is 1.54. The summed E-state index contributed by atoms with van der Waals surface area (Å²) in [5, 5.41) is 3.10. The van der Waals surface area contributed by atoms with Crippen LogP contribution in [0.3, 0.4) is 0 Å². The maximum Gasteiger partial charge on any atom is 0.244 e. The van der Waals surface area contributed by atoms with Crippen LogP contribution in [0.1, 0.15) is 13.3 Å². The van der Waals surface area contributed by atoms with Crippen molar-refractivity contribution in [2.45, 2.75) is 19.4 Å². The van der Waals surface area contributed by atoms with Crippen molar-refractivity contribution in [2.75, 3.05) is 18.0 Å². The average Bonchev–Trinajstić information content (AvgIpc) is 2.62. The quantitative estimate of drug-likeness (QED) is 0.841. The molecule has 86 valence electrons. The number of likely N-dealkylation sites (N-methyl/N-ethyl adjacent to an activating group) is 1. The highest BCUT2D eigenvalue weighted by Crippen LogP contribution is 2.24. The number of nitrogens with zero attached hydrogens (tertiary/aromatic N) is 1. The fraction of sp³-hybridized carbons (Fsp3) is 0.417. The number of carbonyl (C=O) groups is 1. The molecule has 4 heteroatoms. The predicted molar refractivity (Wildman–Crippen MR) is 60.8 cm³/mol. The lowest BCUT2D eigenvalue weighted by molar-refractivity contribution is -0.118. The SMILES string of the molecule is CCNC1CCN(c2ccccc2F)C1=O. The first kappa shape index (κ1) is 11.1. The summed E-state index contributed by atoms with van der Waals surface area (Å²) in [5.41, 5.74) is 0.382. The molecule has 0 bridgehead atoms.